The Kier molecular flexibility index (Phi) is 7.96. The molecule has 2 aromatic carbocycles. The monoisotopic (exact) mass is 417 g/mol. The van der Waals surface area contributed by atoms with Crippen molar-refractivity contribution in [1.29, 1.82) is 5.26 Å². The topological polar surface area (TPSA) is 68.6 Å². The number of ether oxygens (including phenoxy) is 3. The largest absolute Gasteiger partial charge is 0.493 e. The predicted octanol–water partition coefficient (Wildman–Crippen LogP) is 4.78. The molecular formula is C26H27NO4. The fraction of sp³-hybridized carbons (Fsp3) is 0.385. The third-order valence-corrected chi connectivity index (χ3v) is 5.41. The Labute approximate surface area is 183 Å². The molecule has 0 aromatic heterocycles. The quantitative estimate of drug-likeness (QED) is 0.479. The lowest BCUT2D eigenvalue weighted by molar-refractivity contribution is -0.140. The van der Waals surface area contributed by atoms with Gasteiger partial charge in [0, 0.05) is 5.56 Å². The molecule has 5 heteroatoms. The lowest BCUT2D eigenvalue weighted by Gasteiger charge is -2.18. The van der Waals surface area contributed by atoms with Crippen LogP contribution in [0.4, 0.5) is 0 Å². The summed E-state index contributed by atoms with van der Waals surface area (Å²) in [6.07, 6.45) is 5.15. The van der Waals surface area contributed by atoms with Gasteiger partial charge in [0.15, 0.2) is 11.5 Å². The smallest absolute Gasteiger partial charge is 0.307 e. The van der Waals surface area contributed by atoms with Crippen molar-refractivity contribution in [1.82, 2.24) is 0 Å². The van der Waals surface area contributed by atoms with E-state index in [1.807, 2.05) is 42.5 Å². The first-order valence-electron chi connectivity index (χ1n) is 10.5. The van der Waals surface area contributed by atoms with Gasteiger partial charge in [-0.1, -0.05) is 30.0 Å². The van der Waals surface area contributed by atoms with Crippen molar-refractivity contribution >= 4 is 5.97 Å². The molecule has 2 aromatic rings. The second kappa shape index (κ2) is 11.1. The van der Waals surface area contributed by atoms with E-state index in [4.69, 9.17) is 19.5 Å². The molecule has 0 radical (unpaired) electrons. The number of esters is 1. The third kappa shape index (κ3) is 6.27. The van der Waals surface area contributed by atoms with Crippen LogP contribution in [0.1, 0.15) is 54.7 Å². The van der Waals surface area contributed by atoms with Gasteiger partial charge >= 0.3 is 5.97 Å². The molecule has 0 bridgehead atoms. The Morgan fingerprint density at radius 1 is 1.10 bits per heavy atom. The van der Waals surface area contributed by atoms with Crippen molar-refractivity contribution in [2.24, 2.45) is 0 Å². The highest BCUT2D eigenvalue weighted by atomic mass is 16.5. The van der Waals surface area contributed by atoms with Crippen molar-refractivity contribution in [3.05, 3.63) is 59.2 Å². The van der Waals surface area contributed by atoms with Gasteiger partial charge in [-0.15, -0.1) is 0 Å². The fourth-order valence-electron chi connectivity index (χ4n) is 3.66. The Morgan fingerprint density at radius 2 is 1.84 bits per heavy atom. The van der Waals surface area contributed by atoms with Crippen LogP contribution in [0.3, 0.4) is 0 Å². The van der Waals surface area contributed by atoms with Gasteiger partial charge in [-0.05, 0) is 61.1 Å². The second-order valence-corrected chi connectivity index (χ2v) is 7.57. The highest BCUT2D eigenvalue weighted by Gasteiger charge is 2.21. The van der Waals surface area contributed by atoms with Crippen LogP contribution in [0.25, 0.3) is 0 Å². The Bertz CT molecular complexity index is 989. The normalized spacial score (nSPS) is 14.1. The minimum absolute atomic E-state index is 0.144. The molecule has 0 amide bonds. The second-order valence-electron chi connectivity index (χ2n) is 7.57. The molecule has 160 valence electrons. The molecule has 1 atom stereocenters. The Morgan fingerprint density at radius 3 is 2.48 bits per heavy atom. The van der Waals surface area contributed by atoms with Crippen LogP contribution in [0.5, 0.6) is 11.5 Å². The molecule has 1 fully saturated rings. The molecular weight excluding hydrogens is 390 g/mol. The number of carbonyl (C=O) groups is 1. The van der Waals surface area contributed by atoms with Gasteiger partial charge in [-0.3, -0.25) is 4.79 Å². The summed E-state index contributed by atoms with van der Waals surface area (Å²) in [6, 6.07) is 15.4. The number of carbonyl (C=O) groups excluding carboxylic acids is 1. The van der Waals surface area contributed by atoms with Crippen molar-refractivity contribution in [2.45, 2.75) is 50.5 Å². The van der Waals surface area contributed by atoms with E-state index in [1.165, 1.54) is 20.0 Å². The molecule has 5 nitrogen and oxygen atoms in total. The number of rotatable bonds is 7. The van der Waals surface area contributed by atoms with Crippen LogP contribution < -0.4 is 9.47 Å². The standard InChI is InChI=1S/C26H27NO4/c1-29-24-14-13-21(17-25(24)31-23-5-3-4-6-23)22(18-26(28)30-2)12-11-19-7-9-20(10-8-19)15-16-27/h7-10,13-14,17,22-23H,3-6,15,18H2,1-2H3. The van der Waals surface area contributed by atoms with Crippen molar-refractivity contribution in [3.63, 3.8) is 0 Å². The maximum Gasteiger partial charge on any atom is 0.307 e. The molecule has 0 N–H and O–H groups in total. The van der Waals surface area contributed by atoms with Crippen LogP contribution in [0.2, 0.25) is 0 Å². The van der Waals surface area contributed by atoms with Gasteiger partial charge in [0.25, 0.3) is 0 Å². The SMILES string of the molecule is COC(=O)CC(C#Cc1ccc(CC#N)cc1)c1ccc(OC)c(OC2CCCC2)c1. The molecule has 0 saturated heterocycles. The summed E-state index contributed by atoms with van der Waals surface area (Å²) in [5, 5.41) is 8.81. The van der Waals surface area contributed by atoms with E-state index in [0.717, 1.165) is 29.5 Å². The average molecular weight is 418 g/mol. The molecule has 1 aliphatic carbocycles. The molecule has 0 aliphatic heterocycles. The van der Waals surface area contributed by atoms with Crippen molar-refractivity contribution in [2.75, 3.05) is 14.2 Å². The number of nitrogens with zero attached hydrogens (tertiary/aromatic N) is 1. The lowest BCUT2D eigenvalue weighted by Crippen LogP contribution is -2.12. The van der Waals surface area contributed by atoms with Crippen LogP contribution in [-0.4, -0.2) is 26.3 Å². The summed E-state index contributed by atoms with van der Waals surface area (Å²) < 4.78 is 16.6. The molecule has 3 rings (SSSR count). The highest BCUT2D eigenvalue weighted by Crippen LogP contribution is 2.35. The molecule has 1 aliphatic rings. The lowest BCUT2D eigenvalue weighted by atomic mass is 9.95. The van der Waals surface area contributed by atoms with E-state index in [0.29, 0.717) is 17.9 Å². The van der Waals surface area contributed by atoms with Crippen LogP contribution in [0, 0.1) is 23.2 Å². The summed E-state index contributed by atoms with van der Waals surface area (Å²) >= 11 is 0. The minimum atomic E-state index is -0.344. The average Bonchev–Trinajstić information content (AvgIpc) is 3.30. The Balaban J connectivity index is 1.87. The van der Waals surface area contributed by atoms with Gasteiger partial charge in [0.1, 0.15) is 0 Å². The summed E-state index contributed by atoms with van der Waals surface area (Å²) in [5.74, 6) is 7.06. The highest BCUT2D eigenvalue weighted by molar-refractivity contribution is 5.71. The van der Waals surface area contributed by atoms with Gasteiger partial charge in [0.2, 0.25) is 0 Å². The number of nitriles is 1. The maximum absolute atomic E-state index is 12.0. The number of benzene rings is 2. The zero-order valence-corrected chi connectivity index (χ0v) is 18.0. The first-order chi connectivity index (χ1) is 15.1. The summed E-state index contributed by atoms with van der Waals surface area (Å²) in [4.78, 5) is 12.0. The van der Waals surface area contributed by atoms with Gasteiger partial charge in [0.05, 0.1) is 45.2 Å². The fourth-order valence-corrected chi connectivity index (χ4v) is 3.66. The van der Waals surface area contributed by atoms with Gasteiger partial charge in [-0.2, -0.15) is 5.26 Å². The summed E-state index contributed by atoms with van der Waals surface area (Å²) in [7, 11) is 3.00. The predicted molar refractivity (Wildman–Crippen MR) is 118 cm³/mol. The van der Waals surface area contributed by atoms with E-state index in [-0.39, 0.29) is 24.4 Å². The molecule has 0 heterocycles. The molecule has 31 heavy (non-hydrogen) atoms. The summed E-state index contributed by atoms with van der Waals surface area (Å²) in [6.45, 7) is 0. The molecule has 1 unspecified atom stereocenters. The first-order valence-corrected chi connectivity index (χ1v) is 10.5. The maximum atomic E-state index is 12.0. The molecule has 0 spiro atoms. The van der Waals surface area contributed by atoms with Crippen molar-refractivity contribution in [3.8, 4) is 29.4 Å². The van der Waals surface area contributed by atoms with E-state index >= 15 is 0 Å². The third-order valence-electron chi connectivity index (χ3n) is 5.41. The molecule has 1 saturated carbocycles. The van der Waals surface area contributed by atoms with Gasteiger partial charge < -0.3 is 14.2 Å². The van der Waals surface area contributed by atoms with Crippen molar-refractivity contribution < 1.29 is 19.0 Å². The number of hydrogen-bond acceptors (Lipinski definition) is 5. The summed E-state index contributed by atoms with van der Waals surface area (Å²) in [5.41, 5.74) is 2.66. The minimum Gasteiger partial charge on any atom is -0.493 e. The van der Waals surface area contributed by atoms with Crippen LogP contribution >= 0.6 is 0 Å². The zero-order chi connectivity index (χ0) is 22.1. The first kappa shape index (κ1) is 22.2. The van der Waals surface area contributed by atoms with Gasteiger partial charge in [-0.25, -0.2) is 0 Å². The number of methoxy groups -OCH3 is 2. The van der Waals surface area contributed by atoms with E-state index in [9.17, 15) is 4.79 Å². The zero-order valence-electron chi connectivity index (χ0n) is 18.0. The Hall–Kier alpha value is -3.44. The van der Waals surface area contributed by atoms with Crippen LogP contribution in [-0.2, 0) is 16.0 Å². The van der Waals surface area contributed by atoms with Crippen LogP contribution in [0.15, 0.2) is 42.5 Å². The van der Waals surface area contributed by atoms with E-state index in [2.05, 4.69) is 17.9 Å². The van der Waals surface area contributed by atoms with E-state index in [1.54, 1.807) is 7.11 Å². The number of hydrogen-bond donors (Lipinski definition) is 0. The van der Waals surface area contributed by atoms with E-state index < -0.39 is 0 Å².